The van der Waals surface area contributed by atoms with Gasteiger partial charge in [-0.15, -0.1) is 0 Å². The second kappa shape index (κ2) is 8.64. The van der Waals surface area contributed by atoms with Crippen molar-refractivity contribution in [3.05, 3.63) is 60.2 Å². The number of piperidine rings is 1. The molecule has 3 rings (SSSR count). The van der Waals surface area contributed by atoms with Crippen molar-refractivity contribution in [1.29, 1.82) is 0 Å². The summed E-state index contributed by atoms with van der Waals surface area (Å²) in [4.78, 5) is 14.4. The lowest BCUT2D eigenvalue weighted by atomic mass is 10.0. The van der Waals surface area contributed by atoms with E-state index < -0.39 is 31.8 Å². The summed E-state index contributed by atoms with van der Waals surface area (Å²) in [7, 11) is -7.74. The number of amides is 1. The van der Waals surface area contributed by atoms with E-state index in [2.05, 4.69) is 4.72 Å². The molecule has 0 spiro atoms. The predicted molar refractivity (Wildman–Crippen MR) is 109 cm³/mol. The van der Waals surface area contributed by atoms with Gasteiger partial charge in [0, 0.05) is 12.8 Å². The lowest BCUT2D eigenvalue weighted by molar-refractivity contribution is -0.126. The maximum atomic E-state index is 12.8. The summed E-state index contributed by atoms with van der Waals surface area (Å²) in [6.45, 7) is 1.26. The van der Waals surface area contributed by atoms with Gasteiger partial charge >= 0.3 is 0 Å². The van der Waals surface area contributed by atoms with E-state index in [1.54, 1.807) is 0 Å². The smallest absolute Gasteiger partial charge is 0.264 e. The Hall–Kier alpha value is -2.23. The molecule has 1 heterocycles. The average molecular weight is 437 g/mol. The van der Waals surface area contributed by atoms with Crippen LogP contribution in [0.4, 0.5) is 0 Å². The van der Waals surface area contributed by atoms with Crippen molar-refractivity contribution in [2.45, 2.75) is 41.6 Å². The Morgan fingerprint density at radius 2 is 1.69 bits per heavy atom. The first-order chi connectivity index (χ1) is 13.7. The summed E-state index contributed by atoms with van der Waals surface area (Å²) >= 11 is 0. The maximum absolute atomic E-state index is 12.8. The zero-order chi connectivity index (χ0) is 21.1. The Balaban J connectivity index is 1.78. The molecule has 1 aliphatic heterocycles. The Kier molecular flexibility index (Phi) is 6.40. The van der Waals surface area contributed by atoms with Crippen LogP contribution in [0.1, 0.15) is 24.8 Å². The number of hydrogen-bond donors (Lipinski definition) is 1. The first-order valence-corrected chi connectivity index (χ1v) is 12.7. The number of carbonyl (C=O) groups excluding carboxylic acids is 1. The van der Waals surface area contributed by atoms with Gasteiger partial charge in [0.2, 0.25) is 0 Å². The summed E-state index contributed by atoms with van der Waals surface area (Å²) in [6, 6.07) is 14.1. The summed E-state index contributed by atoms with van der Waals surface area (Å²) in [5.41, 5.74) is 1.05. The van der Waals surface area contributed by atoms with Crippen molar-refractivity contribution in [1.82, 2.24) is 9.62 Å². The number of sulfonamides is 1. The van der Waals surface area contributed by atoms with Gasteiger partial charge in [-0.25, -0.2) is 21.6 Å². The van der Waals surface area contributed by atoms with Gasteiger partial charge < -0.3 is 0 Å². The van der Waals surface area contributed by atoms with E-state index in [4.69, 9.17) is 0 Å². The topological polar surface area (TPSA) is 101 Å². The van der Waals surface area contributed by atoms with Crippen LogP contribution in [-0.4, -0.2) is 46.5 Å². The van der Waals surface area contributed by atoms with Gasteiger partial charge in [0.05, 0.1) is 15.8 Å². The molecule has 7 nitrogen and oxygen atoms in total. The standard InChI is InChI=1S/C20H24N2O5S2/c1-28(24,25)17-10-7-11-18(14-17)29(26,27)21-20(23)19-12-5-6-13-22(19)15-16-8-3-2-4-9-16/h2-4,7-11,14,19H,5-6,12-13,15H2,1H3,(H,21,23)/t19-/m1/s1. The molecule has 0 saturated carbocycles. The number of benzene rings is 2. The van der Waals surface area contributed by atoms with Crippen LogP contribution < -0.4 is 4.72 Å². The van der Waals surface area contributed by atoms with Crippen LogP contribution in [0.5, 0.6) is 0 Å². The van der Waals surface area contributed by atoms with E-state index in [1.165, 1.54) is 18.2 Å². The molecule has 1 fully saturated rings. The van der Waals surface area contributed by atoms with Crippen LogP contribution in [-0.2, 0) is 31.2 Å². The molecule has 1 aliphatic rings. The minimum atomic E-state index is -4.18. The van der Waals surface area contributed by atoms with Crippen molar-refractivity contribution in [2.24, 2.45) is 0 Å². The highest BCUT2D eigenvalue weighted by molar-refractivity contribution is 7.91. The van der Waals surface area contributed by atoms with Crippen molar-refractivity contribution in [2.75, 3.05) is 12.8 Å². The fourth-order valence-corrected chi connectivity index (χ4v) is 5.23. The number of rotatable bonds is 6. The highest BCUT2D eigenvalue weighted by Crippen LogP contribution is 2.21. The number of nitrogens with zero attached hydrogens (tertiary/aromatic N) is 1. The van der Waals surface area contributed by atoms with Gasteiger partial charge in [0.15, 0.2) is 9.84 Å². The Bertz CT molecular complexity index is 1080. The molecule has 1 saturated heterocycles. The van der Waals surface area contributed by atoms with Crippen LogP contribution in [0, 0.1) is 0 Å². The van der Waals surface area contributed by atoms with E-state index in [0.717, 1.165) is 30.7 Å². The highest BCUT2D eigenvalue weighted by Gasteiger charge is 2.31. The highest BCUT2D eigenvalue weighted by atomic mass is 32.2. The normalized spacial score (nSPS) is 18.3. The van der Waals surface area contributed by atoms with Crippen molar-refractivity contribution in [3.8, 4) is 0 Å². The monoisotopic (exact) mass is 436 g/mol. The summed E-state index contributed by atoms with van der Waals surface area (Å²) in [5, 5.41) is 0. The van der Waals surface area contributed by atoms with Gasteiger partial charge in [-0.3, -0.25) is 9.69 Å². The van der Waals surface area contributed by atoms with E-state index in [-0.39, 0.29) is 9.79 Å². The SMILES string of the molecule is CS(=O)(=O)c1cccc(S(=O)(=O)NC(=O)[C@H]2CCCCN2Cc2ccccc2)c1. The third-order valence-electron chi connectivity index (χ3n) is 4.92. The van der Waals surface area contributed by atoms with Crippen molar-refractivity contribution < 1.29 is 21.6 Å². The molecule has 0 radical (unpaired) electrons. The minimum absolute atomic E-state index is 0.115. The quantitative estimate of drug-likeness (QED) is 0.743. The van der Waals surface area contributed by atoms with E-state index in [1.807, 2.05) is 35.2 Å². The molecule has 0 bridgehead atoms. The second-order valence-corrected chi connectivity index (χ2v) is 10.9. The second-order valence-electron chi connectivity index (χ2n) is 7.18. The molecular weight excluding hydrogens is 412 g/mol. The number of hydrogen-bond acceptors (Lipinski definition) is 6. The third-order valence-corrected chi connectivity index (χ3v) is 7.38. The molecule has 2 aromatic carbocycles. The Morgan fingerprint density at radius 1 is 1.00 bits per heavy atom. The van der Waals surface area contributed by atoms with E-state index in [9.17, 15) is 21.6 Å². The van der Waals surface area contributed by atoms with Gasteiger partial charge in [-0.2, -0.15) is 0 Å². The number of carbonyl (C=O) groups is 1. The van der Waals surface area contributed by atoms with Crippen LogP contribution in [0.2, 0.25) is 0 Å². The first-order valence-electron chi connectivity index (χ1n) is 9.31. The van der Waals surface area contributed by atoms with Crippen LogP contribution >= 0.6 is 0 Å². The van der Waals surface area contributed by atoms with Crippen LogP contribution in [0.15, 0.2) is 64.4 Å². The molecule has 29 heavy (non-hydrogen) atoms. The van der Waals surface area contributed by atoms with Crippen LogP contribution in [0.3, 0.4) is 0 Å². The van der Waals surface area contributed by atoms with Gasteiger partial charge in [-0.05, 0) is 43.1 Å². The predicted octanol–water partition coefficient (Wildman–Crippen LogP) is 1.95. The number of likely N-dealkylation sites (tertiary alicyclic amines) is 1. The number of nitrogens with one attached hydrogen (secondary N) is 1. The summed E-state index contributed by atoms with van der Waals surface area (Å²) < 4.78 is 50.9. The van der Waals surface area contributed by atoms with E-state index in [0.29, 0.717) is 19.5 Å². The first kappa shape index (κ1) is 21.5. The molecule has 0 aliphatic carbocycles. The molecular formula is C20H24N2O5S2. The van der Waals surface area contributed by atoms with Crippen molar-refractivity contribution in [3.63, 3.8) is 0 Å². The summed E-state index contributed by atoms with van der Waals surface area (Å²) in [6.07, 6.45) is 3.35. The van der Waals surface area contributed by atoms with E-state index >= 15 is 0 Å². The Labute approximate surface area is 171 Å². The average Bonchev–Trinajstić information content (AvgIpc) is 2.68. The fourth-order valence-electron chi connectivity index (χ4n) is 3.43. The van der Waals surface area contributed by atoms with Crippen LogP contribution in [0.25, 0.3) is 0 Å². The summed E-state index contributed by atoms with van der Waals surface area (Å²) in [5.74, 6) is -0.592. The molecule has 1 atom stereocenters. The van der Waals surface area contributed by atoms with Gasteiger partial charge in [0.1, 0.15) is 0 Å². The molecule has 9 heteroatoms. The third kappa shape index (κ3) is 5.43. The van der Waals surface area contributed by atoms with Crippen molar-refractivity contribution >= 4 is 25.8 Å². The Morgan fingerprint density at radius 3 is 2.38 bits per heavy atom. The zero-order valence-corrected chi connectivity index (χ0v) is 17.7. The molecule has 2 aromatic rings. The minimum Gasteiger partial charge on any atom is -0.288 e. The molecule has 1 N–H and O–H groups in total. The molecule has 0 unspecified atom stereocenters. The molecule has 1 amide bonds. The fraction of sp³-hybridized carbons (Fsp3) is 0.350. The molecule has 0 aromatic heterocycles. The maximum Gasteiger partial charge on any atom is 0.264 e. The number of sulfone groups is 1. The lowest BCUT2D eigenvalue weighted by Crippen LogP contribution is -2.50. The van der Waals surface area contributed by atoms with Gasteiger partial charge in [-0.1, -0.05) is 42.8 Å². The van der Waals surface area contributed by atoms with Gasteiger partial charge in [0.25, 0.3) is 15.9 Å². The lowest BCUT2D eigenvalue weighted by Gasteiger charge is -2.34. The largest absolute Gasteiger partial charge is 0.288 e. The zero-order valence-electron chi connectivity index (χ0n) is 16.1. The molecule has 156 valence electrons.